The van der Waals surface area contributed by atoms with E-state index in [2.05, 4.69) is 135 Å². The number of rotatable bonds is 10. The molecule has 1 N–H and O–H groups in total. The SMILES string of the molecule is CC(=O)Nc1ccc(C(O[Si](C)(C)C)C(C)C[P+](c2ccccc2)(c2ccccc2)c2ccccc2)cc1. The van der Waals surface area contributed by atoms with Crippen LogP contribution in [0.5, 0.6) is 0 Å². The third-order valence-electron chi connectivity index (χ3n) is 6.71. The standard InChI is InChI=1S/C33H38NO2PSi/c1-26(33(36-38(3,4)5)28-21-23-29(24-22-28)34-27(2)35)25-37(30-15-9-6-10-16-30,31-17-11-7-12-18-31)32-19-13-8-14-20-32/h6-24,26,33H,25H2,1-5H3/p+1. The van der Waals surface area contributed by atoms with Crippen molar-refractivity contribution in [2.75, 3.05) is 11.5 Å². The van der Waals surface area contributed by atoms with Crippen molar-refractivity contribution in [1.82, 2.24) is 0 Å². The van der Waals surface area contributed by atoms with Gasteiger partial charge in [0.2, 0.25) is 5.91 Å². The van der Waals surface area contributed by atoms with Crippen molar-refractivity contribution in [1.29, 1.82) is 0 Å². The molecule has 5 heteroatoms. The molecular formula is C33H39NO2PSi+. The summed E-state index contributed by atoms with van der Waals surface area (Å²) in [5.41, 5.74) is 1.96. The van der Waals surface area contributed by atoms with E-state index in [0.29, 0.717) is 0 Å². The second-order valence-corrected chi connectivity index (χ2v) is 18.9. The highest BCUT2D eigenvalue weighted by Crippen LogP contribution is 2.58. The smallest absolute Gasteiger partial charge is 0.221 e. The number of nitrogens with one attached hydrogen (secondary N) is 1. The molecule has 0 heterocycles. The fourth-order valence-corrected chi connectivity index (χ4v) is 10.9. The predicted molar refractivity (Wildman–Crippen MR) is 167 cm³/mol. The molecular weight excluding hydrogens is 501 g/mol. The highest BCUT2D eigenvalue weighted by Gasteiger charge is 2.48. The van der Waals surface area contributed by atoms with Crippen molar-refractivity contribution in [3.05, 3.63) is 121 Å². The van der Waals surface area contributed by atoms with E-state index in [-0.39, 0.29) is 17.9 Å². The second kappa shape index (κ2) is 12.2. The maximum absolute atomic E-state index is 11.6. The van der Waals surface area contributed by atoms with Crippen LogP contribution in [0, 0.1) is 5.92 Å². The Kier molecular flexibility index (Phi) is 8.99. The van der Waals surface area contributed by atoms with Gasteiger partial charge < -0.3 is 9.74 Å². The van der Waals surface area contributed by atoms with Gasteiger partial charge in [-0.05, 0) is 73.7 Å². The normalized spacial score (nSPS) is 13.5. The zero-order valence-electron chi connectivity index (χ0n) is 23.1. The van der Waals surface area contributed by atoms with E-state index in [1.165, 1.54) is 22.8 Å². The van der Waals surface area contributed by atoms with Crippen molar-refractivity contribution in [2.45, 2.75) is 39.6 Å². The molecule has 0 aliphatic carbocycles. The first kappa shape index (κ1) is 28.0. The first-order valence-electron chi connectivity index (χ1n) is 13.3. The summed E-state index contributed by atoms with van der Waals surface area (Å²) in [6.07, 6.45) is 0.928. The molecule has 0 spiro atoms. The molecule has 0 bridgehead atoms. The van der Waals surface area contributed by atoms with Gasteiger partial charge in [-0.25, -0.2) is 0 Å². The maximum atomic E-state index is 11.6. The minimum Gasteiger partial charge on any atom is -0.410 e. The summed E-state index contributed by atoms with van der Waals surface area (Å²) in [5.74, 6) is 0.173. The average Bonchev–Trinajstić information content (AvgIpc) is 2.91. The molecule has 38 heavy (non-hydrogen) atoms. The van der Waals surface area contributed by atoms with Crippen molar-refractivity contribution in [3.8, 4) is 0 Å². The Hall–Kier alpha value is -3.04. The molecule has 3 nitrogen and oxygen atoms in total. The Morgan fingerprint density at radius 1 is 0.737 bits per heavy atom. The van der Waals surface area contributed by atoms with Gasteiger partial charge >= 0.3 is 0 Å². The van der Waals surface area contributed by atoms with Crippen LogP contribution < -0.4 is 21.2 Å². The summed E-state index contributed by atoms with van der Waals surface area (Å²) < 4.78 is 6.93. The topological polar surface area (TPSA) is 38.3 Å². The van der Waals surface area contributed by atoms with Gasteiger partial charge in [-0.2, -0.15) is 0 Å². The molecule has 4 aromatic rings. The van der Waals surface area contributed by atoms with Crippen LogP contribution in [0.25, 0.3) is 0 Å². The van der Waals surface area contributed by atoms with Crippen LogP contribution in [-0.4, -0.2) is 20.4 Å². The predicted octanol–water partition coefficient (Wildman–Crippen LogP) is 7.17. The minimum absolute atomic E-state index is 0.0523. The molecule has 0 radical (unpaired) electrons. The summed E-state index contributed by atoms with van der Waals surface area (Å²) in [6.45, 7) is 10.6. The van der Waals surface area contributed by atoms with Crippen LogP contribution >= 0.6 is 7.26 Å². The number of hydrogen-bond donors (Lipinski definition) is 1. The van der Waals surface area contributed by atoms with Gasteiger partial charge in [-0.15, -0.1) is 0 Å². The van der Waals surface area contributed by atoms with Gasteiger partial charge in [0.1, 0.15) is 23.2 Å². The summed E-state index contributed by atoms with van der Waals surface area (Å²) in [5, 5.41) is 7.04. The van der Waals surface area contributed by atoms with Crippen molar-refractivity contribution in [3.63, 3.8) is 0 Å². The molecule has 4 rings (SSSR count). The van der Waals surface area contributed by atoms with Gasteiger partial charge in [-0.1, -0.05) is 73.7 Å². The minimum atomic E-state index is -2.00. The molecule has 4 aromatic carbocycles. The molecule has 2 atom stereocenters. The van der Waals surface area contributed by atoms with E-state index in [0.717, 1.165) is 17.4 Å². The van der Waals surface area contributed by atoms with E-state index in [1.807, 2.05) is 12.1 Å². The van der Waals surface area contributed by atoms with Gasteiger partial charge in [-0.3, -0.25) is 4.79 Å². The first-order valence-corrected chi connectivity index (χ1v) is 18.7. The Morgan fingerprint density at radius 3 is 1.53 bits per heavy atom. The highest BCUT2D eigenvalue weighted by molar-refractivity contribution is 7.95. The Balaban J connectivity index is 1.83. The number of amides is 1. The molecule has 0 aliphatic rings. The summed E-state index contributed by atoms with van der Waals surface area (Å²) in [4.78, 5) is 11.6. The number of carbonyl (C=O) groups is 1. The average molecular weight is 541 g/mol. The number of anilines is 1. The van der Waals surface area contributed by atoms with Crippen LogP contribution in [0.2, 0.25) is 19.6 Å². The van der Waals surface area contributed by atoms with E-state index in [1.54, 1.807) is 0 Å². The quantitative estimate of drug-likeness (QED) is 0.171. The van der Waals surface area contributed by atoms with Gasteiger partial charge in [0, 0.05) is 18.5 Å². The highest BCUT2D eigenvalue weighted by atomic mass is 31.2. The zero-order valence-corrected chi connectivity index (χ0v) is 25.0. The fraction of sp³-hybridized carbons (Fsp3) is 0.242. The molecule has 0 fully saturated rings. The molecule has 0 aliphatic heterocycles. The molecule has 0 aromatic heterocycles. The van der Waals surface area contributed by atoms with E-state index in [4.69, 9.17) is 4.43 Å². The molecule has 0 saturated heterocycles. The Labute approximate surface area is 229 Å². The van der Waals surface area contributed by atoms with Crippen molar-refractivity contribution < 1.29 is 9.22 Å². The zero-order chi connectivity index (χ0) is 27.2. The van der Waals surface area contributed by atoms with Crippen LogP contribution in [-0.2, 0) is 9.22 Å². The number of benzene rings is 4. The Bertz CT molecular complexity index is 1210. The first-order chi connectivity index (χ1) is 18.2. The third-order valence-corrected chi connectivity index (χ3v) is 12.3. The lowest BCUT2D eigenvalue weighted by molar-refractivity contribution is -0.114. The lowest BCUT2D eigenvalue weighted by Crippen LogP contribution is -2.38. The van der Waals surface area contributed by atoms with E-state index >= 15 is 0 Å². The van der Waals surface area contributed by atoms with Gasteiger partial charge in [0.15, 0.2) is 8.32 Å². The summed E-state index contributed by atoms with van der Waals surface area (Å²) in [6, 6.07) is 41.3. The molecule has 2 unspecified atom stereocenters. The van der Waals surface area contributed by atoms with E-state index in [9.17, 15) is 4.79 Å². The van der Waals surface area contributed by atoms with Crippen LogP contribution in [0.3, 0.4) is 0 Å². The maximum Gasteiger partial charge on any atom is 0.221 e. The second-order valence-electron chi connectivity index (χ2n) is 10.9. The summed E-state index contributed by atoms with van der Waals surface area (Å²) >= 11 is 0. The fourth-order valence-electron chi connectivity index (χ4n) is 5.19. The number of hydrogen-bond acceptors (Lipinski definition) is 2. The van der Waals surface area contributed by atoms with Crippen molar-refractivity contribution in [2.24, 2.45) is 5.92 Å². The number of carbonyl (C=O) groups excluding carboxylic acids is 1. The largest absolute Gasteiger partial charge is 0.410 e. The molecule has 0 saturated carbocycles. The van der Waals surface area contributed by atoms with Crippen LogP contribution in [0.1, 0.15) is 25.5 Å². The summed E-state index contributed by atoms with van der Waals surface area (Å²) in [7, 11) is -3.88. The lowest BCUT2D eigenvalue weighted by Gasteiger charge is -2.35. The third kappa shape index (κ3) is 6.68. The van der Waals surface area contributed by atoms with Crippen LogP contribution in [0.4, 0.5) is 5.69 Å². The lowest BCUT2D eigenvalue weighted by atomic mass is 9.99. The van der Waals surface area contributed by atoms with Gasteiger partial charge in [0.25, 0.3) is 0 Å². The van der Waals surface area contributed by atoms with E-state index < -0.39 is 15.6 Å². The monoisotopic (exact) mass is 540 g/mol. The Morgan fingerprint density at radius 2 is 1.16 bits per heavy atom. The molecule has 196 valence electrons. The van der Waals surface area contributed by atoms with Crippen LogP contribution in [0.15, 0.2) is 115 Å². The van der Waals surface area contributed by atoms with Crippen molar-refractivity contribution >= 4 is 43.1 Å². The van der Waals surface area contributed by atoms with Gasteiger partial charge in [0.05, 0.1) is 12.3 Å². The molecule has 1 amide bonds.